The molecule has 2 aromatic rings. The molecule has 0 atom stereocenters. The number of rotatable bonds is 5. The van der Waals surface area contributed by atoms with Crippen molar-refractivity contribution in [2.45, 2.75) is 44.9 Å². The maximum absolute atomic E-state index is 4.78. The molecule has 2 heterocycles. The summed E-state index contributed by atoms with van der Waals surface area (Å²) in [5, 5.41) is 3.39. The van der Waals surface area contributed by atoms with Crippen LogP contribution in [-0.2, 0) is 0 Å². The third-order valence-corrected chi connectivity index (χ3v) is 3.97. The molecule has 0 aromatic carbocycles. The molecule has 3 rings (SSSR count). The van der Waals surface area contributed by atoms with Crippen molar-refractivity contribution in [3.05, 3.63) is 36.2 Å². The van der Waals surface area contributed by atoms with Crippen molar-refractivity contribution >= 4 is 5.82 Å². The summed E-state index contributed by atoms with van der Waals surface area (Å²) < 4.78 is 0. The Morgan fingerprint density at radius 1 is 1.19 bits per heavy atom. The van der Waals surface area contributed by atoms with Gasteiger partial charge in [-0.3, -0.25) is 4.98 Å². The first-order valence-corrected chi connectivity index (χ1v) is 7.91. The van der Waals surface area contributed by atoms with Crippen molar-refractivity contribution in [2.24, 2.45) is 0 Å². The van der Waals surface area contributed by atoms with E-state index in [4.69, 9.17) is 4.98 Å². The highest BCUT2D eigenvalue weighted by Gasteiger charge is 2.20. The normalized spacial score (nSPS) is 15.3. The van der Waals surface area contributed by atoms with Crippen LogP contribution < -0.4 is 5.32 Å². The standard InChI is InChI=1S/C17H22N4/c1-2-10-19-16-12-15(13-7-3-4-8-13)20-17(21-16)14-9-5-6-11-18-14/h5-6,9,11-13H,2-4,7-8,10H2,1H3,(H,19,20,21). The largest absolute Gasteiger partial charge is 0.370 e. The smallest absolute Gasteiger partial charge is 0.180 e. The van der Waals surface area contributed by atoms with E-state index in [0.29, 0.717) is 5.92 Å². The van der Waals surface area contributed by atoms with Gasteiger partial charge in [-0.1, -0.05) is 25.8 Å². The Hall–Kier alpha value is -1.97. The molecular weight excluding hydrogens is 260 g/mol. The van der Waals surface area contributed by atoms with Crippen LogP contribution in [0.15, 0.2) is 30.5 Å². The summed E-state index contributed by atoms with van der Waals surface area (Å²) in [5.41, 5.74) is 2.01. The predicted molar refractivity (Wildman–Crippen MR) is 85.3 cm³/mol. The van der Waals surface area contributed by atoms with E-state index in [2.05, 4.69) is 28.3 Å². The van der Waals surface area contributed by atoms with Crippen LogP contribution in [0.1, 0.15) is 50.6 Å². The molecule has 2 aromatic heterocycles. The highest BCUT2D eigenvalue weighted by Crippen LogP contribution is 2.34. The Morgan fingerprint density at radius 3 is 2.76 bits per heavy atom. The summed E-state index contributed by atoms with van der Waals surface area (Å²) in [6.45, 7) is 3.09. The van der Waals surface area contributed by atoms with Crippen LogP contribution in [0, 0.1) is 0 Å². The van der Waals surface area contributed by atoms with Crippen molar-refractivity contribution < 1.29 is 0 Å². The number of nitrogens with one attached hydrogen (secondary N) is 1. The van der Waals surface area contributed by atoms with Gasteiger partial charge in [0.1, 0.15) is 11.5 Å². The zero-order chi connectivity index (χ0) is 14.5. The van der Waals surface area contributed by atoms with Gasteiger partial charge < -0.3 is 5.32 Å². The number of pyridine rings is 1. The Bertz CT molecular complexity index is 577. The molecule has 21 heavy (non-hydrogen) atoms. The third-order valence-electron chi connectivity index (χ3n) is 3.97. The molecule has 0 amide bonds. The van der Waals surface area contributed by atoms with Gasteiger partial charge in [0.15, 0.2) is 5.82 Å². The van der Waals surface area contributed by atoms with E-state index < -0.39 is 0 Å². The second kappa shape index (κ2) is 6.66. The second-order valence-corrected chi connectivity index (χ2v) is 5.62. The minimum Gasteiger partial charge on any atom is -0.370 e. The molecule has 0 unspecified atom stereocenters. The van der Waals surface area contributed by atoms with E-state index in [1.165, 1.54) is 31.4 Å². The number of nitrogens with zero attached hydrogens (tertiary/aromatic N) is 3. The molecule has 1 saturated carbocycles. The first kappa shape index (κ1) is 14.0. The first-order chi connectivity index (χ1) is 10.4. The minimum absolute atomic E-state index is 0.581. The van der Waals surface area contributed by atoms with Crippen LogP contribution in [0.5, 0.6) is 0 Å². The third kappa shape index (κ3) is 3.38. The Balaban J connectivity index is 1.96. The van der Waals surface area contributed by atoms with E-state index in [1.807, 2.05) is 18.2 Å². The fourth-order valence-corrected chi connectivity index (χ4v) is 2.85. The number of aromatic nitrogens is 3. The summed E-state index contributed by atoms with van der Waals surface area (Å²) in [7, 11) is 0. The van der Waals surface area contributed by atoms with E-state index in [1.54, 1.807) is 6.20 Å². The minimum atomic E-state index is 0.581. The lowest BCUT2D eigenvalue weighted by Crippen LogP contribution is -2.07. The van der Waals surface area contributed by atoms with Crippen molar-refractivity contribution in [2.75, 3.05) is 11.9 Å². The second-order valence-electron chi connectivity index (χ2n) is 5.62. The highest BCUT2D eigenvalue weighted by molar-refractivity contribution is 5.53. The summed E-state index contributed by atoms with van der Waals surface area (Å²) in [4.78, 5) is 13.8. The summed E-state index contributed by atoms with van der Waals surface area (Å²) >= 11 is 0. The molecule has 0 bridgehead atoms. The maximum atomic E-state index is 4.78. The lowest BCUT2D eigenvalue weighted by Gasteiger charge is -2.13. The fourth-order valence-electron chi connectivity index (χ4n) is 2.85. The van der Waals surface area contributed by atoms with Crippen molar-refractivity contribution in [1.82, 2.24) is 15.0 Å². The van der Waals surface area contributed by atoms with Crippen LogP contribution >= 0.6 is 0 Å². The van der Waals surface area contributed by atoms with Crippen molar-refractivity contribution in [1.29, 1.82) is 0 Å². The fraction of sp³-hybridized carbons (Fsp3) is 0.471. The highest BCUT2D eigenvalue weighted by atomic mass is 15.0. The zero-order valence-electron chi connectivity index (χ0n) is 12.5. The van der Waals surface area contributed by atoms with Crippen LogP contribution in [0.3, 0.4) is 0 Å². The summed E-state index contributed by atoms with van der Waals surface area (Å²) in [6.07, 6.45) is 7.98. The molecule has 1 N–H and O–H groups in total. The Morgan fingerprint density at radius 2 is 2.05 bits per heavy atom. The molecule has 0 aliphatic heterocycles. The van der Waals surface area contributed by atoms with Crippen LogP contribution in [-0.4, -0.2) is 21.5 Å². The van der Waals surface area contributed by atoms with Gasteiger partial charge in [0, 0.05) is 30.4 Å². The molecule has 1 aliphatic carbocycles. The molecule has 1 aliphatic rings. The molecule has 0 spiro atoms. The van der Waals surface area contributed by atoms with E-state index >= 15 is 0 Å². The molecule has 110 valence electrons. The van der Waals surface area contributed by atoms with Gasteiger partial charge in [-0.2, -0.15) is 0 Å². The zero-order valence-corrected chi connectivity index (χ0v) is 12.5. The van der Waals surface area contributed by atoms with E-state index in [0.717, 1.165) is 30.3 Å². The van der Waals surface area contributed by atoms with Gasteiger partial charge in [0.25, 0.3) is 0 Å². The SMILES string of the molecule is CCCNc1cc(C2CCCC2)nc(-c2ccccn2)n1. The average molecular weight is 282 g/mol. The van der Waals surface area contributed by atoms with Gasteiger partial charge in [0.05, 0.1) is 0 Å². The molecule has 0 saturated heterocycles. The number of hydrogen-bond acceptors (Lipinski definition) is 4. The summed E-state index contributed by atoms with van der Waals surface area (Å²) in [5.74, 6) is 2.24. The van der Waals surface area contributed by atoms with Crippen molar-refractivity contribution in [3.63, 3.8) is 0 Å². The quantitative estimate of drug-likeness (QED) is 0.900. The van der Waals surface area contributed by atoms with Gasteiger partial charge in [-0.05, 0) is 31.4 Å². The van der Waals surface area contributed by atoms with Crippen molar-refractivity contribution in [3.8, 4) is 11.5 Å². The maximum Gasteiger partial charge on any atom is 0.180 e. The van der Waals surface area contributed by atoms with E-state index in [-0.39, 0.29) is 0 Å². The van der Waals surface area contributed by atoms with Crippen LogP contribution in [0.25, 0.3) is 11.5 Å². The topological polar surface area (TPSA) is 50.7 Å². The molecule has 4 nitrogen and oxygen atoms in total. The summed E-state index contributed by atoms with van der Waals surface area (Å²) in [6, 6.07) is 7.99. The first-order valence-electron chi connectivity index (χ1n) is 7.91. The molecule has 1 fully saturated rings. The Labute approximate surface area is 126 Å². The lowest BCUT2D eigenvalue weighted by atomic mass is 10.0. The molecular formula is C17H22N4. The Kier molecular flexibility index (Phi) is 4.43. The monoisotopic (exact) mass is 282 g/mol. The number of anilines is 1. The molecule has 4 heteroatoms. The van der Waals surface area contributed by atoms with E-state index in [9.17, 15) is 0 Å². The van der Waals surface area contributed by atoms with Crippen LogP contribution in [0.2, 0.25) is 0 Å². The van der Waals surface area contributed by atoms with Crippen LogP contribution in [0.4, 0.5) is 5.82 Å². The van der Waals surface area contributed by atoms with Gasteiger partial charge in [-0.25, -0.2) is 9.97 Å². The van der Waals surface area contributed by atoms with Gasteiger partial charge in [-0.15, -0.1) is 0 Å². The predicted octanol–water partition coefficient (Wildman–Crippen LogP) is 4.02. The van der Waals surface area contributed by atoms with Gasteiger partial charge in [0.2, 0.25) is 0 Å². The van der Waals surface area contributed by atoms with Gasteiger partial charge >= 0.3 is 0 Å². The number of hydrogen-bond donors (Lipinski definition) is 1. The molecule has 0 radical (unpaired) electrons. The lowest BCUT2D eigenvalue weighted by molar-refractivity contribution is 0.695. The average Bonchev–Trinajstić information content (AvgIpc) is 3.08.